The summed E-state index contributed by atoms with van der Waals surface area (Å²) in [6.07, 6.45) is 0.906. The van der Waals surface area contributed by atoms with Gasteiger partial charge in [-0.25, -0.2) is 0 Å². The van der Waals surface area contributed by atoms with Crippen LogP contribution in [0.4, 0.5) is 0 Å². The Balaban J connectivity index is 1.98. The Hall–Kier alpha value is -1.81. The van der Waals surface area contributed by atoms with E-state index in [1.165, 1.54) is 11.1 Å². The first-order valence-electron chi connectivity index (χ1n) is 7.48. The van der Waals surface area contributed by atoms with Crippen molar-refractivity contribution >= 4 is 17.2 Å². The Bertz CT molecular complexity index is 594. The van der Waals surface area contributed by atoms with Gasteiger partial charge in [-0.15, -0.1) is 11.3 Å². The van der Waals surface area contributed by atoms with E-state index in [0.29, 0.717) is 13.2 Å². The molecule has 1 atom stereocenters. The second-order valence-corrected chi connectivity index (χ2v) is 6.58. The summed E-state index contributed by atoms with van der Waals surface area (Å²) in [5.41, 5.74) is 2.50. The highest BCUT2D eigenvalue weighted by Gasteiger charge is 2.15. The lowest BCUT2D eigenvalue weighted by atomic mass is 9.99. The molecule has 2 rings (SSSR count). The molecule has 0 saturated carbocycles. The van der Waals surface area contributed by atoms with E-state index in [1.807, 2.05) is 25.2 Å². The maximum Gasteiger partial charge on any atom is 0.219 e. The van der Waals surface area contributed by atoms with Crippen molar-refractivity contribution in [2.24, 2.45) is 5.92 Å². The fourth-order valence-corrected chi connectivity index (χ4v) is 3.08. The summed E-state index contributed by atoms with van der Waals surface area (Å²) in [5, 5.41) is 3.03. The largest absolute Gasteiger partial charge is 0.484 e. The topological polar surface area (TPSA) is 29.5 Å². The molecule has 0 N–H and O–H groups in total. The van der Waals surface area contributed by atoms with E-state index in [0.717, 1.165) is 11.5 Å². The van der Waals surface area contributed by atoms with E-state index in [4.69, 9.17) is 4.74 Å². The molecule has 0 aliphatic carbocycles. The summed E-state index contributed by atoms with van der Waals surface area (Å²) >= 11 is 1.62. The fraction of sp³-hybridized carbons (Fsp3) is 0.389. The van der Waals surface area contributed by atoms with Crippen molar-refractivity contribution in [2.45, 2.75) is 20.3 Å². The summed E-state index contributed by atoms with van der Waals surface area (Å²) < 4.78 is 5.92. The predicted octanol–water partition coefficient (Wildman–Crippen LogP) is 3.77. The van der Waals surface area contributed by atoms with Gasteiger partial charge < -0.3 is 9.64 Å². The molecule has 0 spiro atoms. The molecular formula is C18H23NO2S. The summed E-state index contributed by atoms with van der Waals surface area (Å²) in [7, 11) is 1.84. The number of rotatable bonds is 7. The summed E-state index contributed by atoms with van der Waals surface area (Å²) in [4.78, 5) is 13.3. The molecule has 0 aliphatic heterocycles. The van der Waals surface area contributed by atoms with Gasteiger partial charge >= 0.3 is 0 Å². The molecule has 3 nitrogen and oxygen atoms in total. The Morgan fingerprint density at radius 3 is 2.64 bits per heavy atom. The van der Waals surface area contributed by atoms with Gasteiger partial charge in [-0.1, -0.05) is 30.3 Å². The van der Waals surface area contributed by atoms with Crippen LogP contribution in [-0.2, 0) is 11.2 Å². The molecule has 0 radical (unpaired) electrons. The van der Waals surface area contributed by atoms with Crippen LogP contribution < -0.4 is 4.74 Å². The smallest absolute Gasteiger partial charge is 0.219 e. The van der Waals surface area contributed by atoms with Crippen molar-refractivity contribution in [1.82, 2.24) is 4.90 Å². The molecule has 0 aliphatic rings. The van der Waals surface area contributed by atoms with Gasteiger partial charge in [0.05, 0.1) is 6.61 Å². The van der Waals surface area contributed by atoms with Crippen molar-refractivity contribution in [2.75, 3.05) is 20.2 Å². The van der Waals surface area contributed by atoms with Crippen LogP contribution in [0.2, 0.25) is 0 Å². The van der Waals surface area contributed by atoms with Gasteiger partial charge in [-0.3, -0.25) is 4.79 Å². The van der Waals surface area contributed by atoms with Crippen LogP contribution in [0.25, 0.3) is 0 Å². The number of benzene rings is 1. The van der Waals surface area contributed by atoms with Crippen LogP contribution in [0.5, 0.6) is 5.06 Å². The lowest BCUT2D eigenvalue weighted by Gasteiger charge is -2.23. The highest BCUT2D eigenvalue weighted by molar-refractivity contribution is 7.12. The van der Waals surface area contributed by atoms with Crippen molar-refractivity contribution in [3.63, 3.8) is 0 Å². The average Bonchev–Trinajstić information content (AvgIpc) is 2.91. The predicted molar refractivity (Wildman–Crippen MR) is 91.5 cm³/mol. The third-order valence-corrected chi connectivity index (χ3v) is 4.56. The van der Waals surface area contributed by atoms with Gasteiger partial charge in [0.25, 0.3) is 0 Å². The van der Waals surface area contributed by atoms with Gasteiger partial charge in [-0.2, -0.15) is 0 Å². The second-order valence-electron chi connectivity index (χ2n) is 5.71. The third kappa shape index (κ3) is 5.19. The molecule has 0 fully saturated rings. The number of thiophene rings is 1. The number of carbonyl (C=O) groups is 1. The molecule has 1 amide bonds. The first kappa shape index (κ1) is 16.6. The Labute approximate surface area is 136 Å². The first-order chi connectivity index (χ1) is 10.5. The van der Waals surface area contributed by atoms with Gasteiger partial charge in [0.1, 0.15) is 0 Å². The van der Waals surface area contributed by atoms with E-state index in [2.05, 4.69) is 30.5 Å². The molecule has 2 aromatic rings. The molecule has 1 unspecified atom stereocenters. The highest BCUT2D eigenvalue weighted by atomic mass is 32.1. The standard InChI is InChI=1S/C18H23NO2S/c1-14-9-18(22-13-14)21-12-17(11-19(3)15(2)20)10-16-7-5-4-6-8-16/h4-9,13,17H,10-12H2,1-3H3. The lowest BCUT2D eigenvalue weighted by molar-refractivity contribution is -0.128. The Morgan fingerprint density at radius 2 is 2.05 bits per heavy atom. The minimum absolute atomic E-state index is 0.0880. The van der Waals surface area contributed by atoms with Crippen molar-refractivity contribution in [1.29, 1.82) is 0 Å². The van der Waals surface area contributed by atoms with Crippen LogP contribution >= 0.6 is 11.3 Å². The zero-order chi connectivity index (χ0) is 15.9. The second kappa shape index (κ2) is 7.99. The lowest BCUT2D eigenvalue weighted by Crippen LogP contribution is -2.33. The third-order valence-electron chi connectivity index (χ3n) is 3.60. The molecular weight excluding hydrogens is 294 g/mol. The summed E-state index contributed by atoms with van der Waals surface area (Å²) in [5.74, 6) is 0.365. The van der Waals surface area contributed by atoms with Crippen LogP contribution in [0, 0.1) is 12.8 Å². The molecule has 0 bridgehead atoms. The van der Waals surface area contributed by atoms with E-state index in [-0.39, 0.29) is 11.8 Å². The number of amides is 1. The van der Waals surface area contributed by atoms with Gasteiger partial charge in [0.15, 0.2) is 5.06 Å². The van der Waals surface area contributed by atoms with Gasteiger partial charge in [-0.05, 0) is 35.9 Å². The minimum Gasteiger partial charge on any atom is -0.484 e. The molecule has 22 heavy (non-hydrogen) atoms. The Morgan fingerprint density at radius 1 is 1.32 bits per heavy atom. The van der Waals surface area contributed by atoms with Crippen molar-refractivity contribution < 1.29 is 9.53 Å². The molecule has 1 heterocycles. The molecule has 4 heteroatoms. The summed E-state index contributed by atoms with van der Waals surface area (Å²) in [6, 6.07) is 12.4. The molecule has 1 aromatic carbocycles. The van der Waals surface area contributed by atoms with Crippen LogP contribution in [0.15, 0.2) is 41.8 Å². The van der Waals surface area contributed by atoms with Crippen molar-refractivity contribution in [3.05, 3.63) is 52.9 Å². The highest BCUT2D eigenvalue weighted by Crippen LogP contribution is 2.23. The maximum atomic E-state index is 11.5. The quantitative estimate of drug-likeness (QED) is 0.778. The molecule has 1 aromatic heterocycles. The monoisotopic (exact) mass is 317 g/mol. The number of hydrogen-bond acceptors (Lipinski definition) is 3. The van der Waals surface area contributed by atoms with Crippen molar-refractivity contribution in [3.8, 4) is 5.06 Å². The summed E-state index contributed by atoms with van der Waals surface area (Å²) in [6.45, 7) is 4.98. The van der Waals surface area contributed by atoms with E-state index in [1.54, 1.807) is 23.2 Å². The Kier molecular flexibility index (Phi) is 6.01. The molecule has 0 saturated heterocycles. The SMILES string of the molecule is CC(=O)N(C)CC(COc1cc(C)cs1)Cc1ccccc1. The minimum atomic E-state index is 0.0880. The zero-order valence-electron chi connectivity index (χ0n) is 13.4. The van der Waals surface area contributed by atoms with Crippen LogP contribution in [0.3, 0.4) is 0 Å². The van der Waals surface area contributed by atoms with Gasteiger partial charge in [0.2, 0.25) is 5.91 Å². The number of carbonyl (C=O) groups excluding carboxylic acids is 1. The van der Waals surface area contributed by atoms with Crippen LogP contribution in [0.1, 0.15) is 18.1 Å². The van der Waals surface area contributed by atoms with Gasteiger partial charge in [0, 0.05) is 26.4 Å². The number of nitrogens with zero attached hydrogens (tertiary/aromatic N) is 1. The van der Waals surface area contributed by atoms with E-state index < -0.39 is 0 Å². The fourth-order valence-electron chi connectivity index (χ4n) is 2.32. The number of ether oxygens (including phenoxy) is 1. The number of aryl methyl sites for hydroxylation is 1. The zero-order valence-corrected chi connectivity index (χ0v) is 14.2. The molecule has 118 valence electrons. The van der Waals surface area contributed by atoms with E-state index in [9.17, 15) is 4.79 Å². The van der Waals surface area contributed by atoms with E-state index >= 15 is 0 Å². The maximum absolute atomic E-state index is 11.5. The average molecular weight is 317 g/mol. The first-order valence-corrected chi connectivity index (χ1v) is 8.36. The normalized spacial score (nSPS) is 12.0. The van der Waals surface area contributed by atoms with Crippen LogP contribution in [-0.4, -0.2) is 31.0 Å². The number of hydrogen-bond donors (Lipinski definition) is 0.